The van der Waals surface area contributed by atoms with Crippen molar-refractivity contribution in [1.29, 1.82) is 0 Å². The molecule has 116 valence electrons. The normalized spacial score (nSPS) is 18.4. The summed E-state index contributed by atoms with van der Waals surface area (Å²) in [5.41, 5.74) is 5.32. The zero-order valence-electron chi connectivity index (χ0n) is 12.8. The number of hydrogen-bond donors (Lipinski definition) is 0. The SMILES string of the molecule is c1cc(CN2CCc3c(COCC4CC4)cncc3C2)co1. The van der Waals surface area contributed by atoms with Crippen molar-refractivity contribution in [2.24, 2.45) is 5.92 Å². The lowest BCUT2D eigenvalue weighted by molar-refractivity contribution is 0.110. The molecule has 0 unspecified atom stereocenters. The summed E-state index contributed by atoms with van der Waals surface area (Å²) in [6.45, 7) is 4.62. The van der Waals surface area contributed by atoms with Gasteiger partial charge in [-0.1, -0.05) is 0 Å². The van der Waals surface area contributed by atoms with E-state index in [1.54, 1.807) is 6.26 Å². The number of rotatable bonds is 6. The van der Waals surface area contributed by atoms with Crippen LogP contribution in [0, 0.1) is 5.92 Å². The molecule has 0 saturated heterocycles. The quantitative estimate of drug-likeness (QED) is 0.821. The molecule has 0 N–H and O–H groups in total. The molecule has 0 spiro atoms. The molecule has 1 aliphatic carbocycles. The van der Waals surface area contributed by atoms with E-state index in [-0.39, 0.29) is 0 Å². The monoisotopic (exact) mass is 298 g/mol. The number of fused-ring (bicyclic) bond motifs is 1. The number of ether oxygens (including phenoxy) is 1. The van der Waals surface area contributed by atoms with Crippen LogP contribution in [-0.4, -0.2) is 23.0 Å². The fourth-order valence-electron chi connectivity index (χ4n) is 3.15. The van der Waals surface area contributed by atoms with Crippen LogP contribution in [0.2, 0.25) is 0 Å². The molecule has 0 amide bonds. The van der Waals surface area contributed by atoms with Crippen molar-refractivity contribution in [1.82, 2.24) is 9.88 Å². The van der Waals surface area contributed by atoms with Crippen molar-refractivity contribution in [3.05, 3.63) is 53.2 Å². The Labute approximate surface area is 131 Å². The predicted octanol–water partition coefficient (Wildman–Crippen LogP) is 3.16. The number of nitrogens with zero attached hydrogens (tertiary/aromatic N) is 2. The minimum atomic E-state index is 0.717. The average molecular weight is 298 g/mol. The Hall–Kier alpha value is -1.65. The molecule has 0 bridgehead atoms. The molecule has 4 rings (SSSR count). The Morgan fingerprint density at radius 2 is 2.27 bits per heavy atom. The maximum absolute atomic E-state index is 5.86. The average Bonchev–Trinajstić information content (AvgIpc) is 3.22. The molecule has 4 heteroatoms. The second-order valence-corrected chi connectivity index (χ2v) is 6.49. The Morgan fingerprint density at radius 3 is 3.09 bits per heavy atom. The first-order valence-corrected chi connectivity index (χ1v) is 8.14. The second-order valence-electron chi connectivity index (χ2n) is 6.49. The summed E-state index contributed by atoms with van der Waals surface area (Å²) in [7, 11) is 0. The van der Waals surface area contributed by atoms with Gasteiger partial charge in [-0.3, -0.25) is 9.88 Å². The summed E-state index contributed by atoms with van der Waals surface area (Å²) >= 11 is 0. The van der Waals surface area contributed by atoms with E-state index in [0.29, 0.717) is 6.61 Å². The second kappa shape index (κ2) is 6.23. The fraction of sp³-hybridized carbons (Fsp3) is 0.500. The van der Waals surface area contributed by atoms with Crippen LogP contribution in [0.1, 0.15) is 35.1 Å². The van der Waals surface area contributed by atoms with Gasteiger partial charge < -0.3 is 9.15 Å². The summed E-state index contributed by atoms with van der Waals surface area (Å²) in [6, 6.07) is 2.04. The molecule has 2 aliphatic rings. The van der Waals surface area contributed by atoms with E-state index >= 15 is 0 Å². The maximum Gasteiger partial charge on any atom is 0.0947 e. The largest absolute Gasteiger partial charge is 0.472 e. The van der Waals surface area contributed by atoms with Crippen LogP contribution in [0.25, 0.3) is 0 Å². The Balaban J connectivity index is 1.41. The van der Waals surface area contributed by atoms with Gasteiger partial charge in [-0.2, -0.15) is 0 Å². The van der Waals surface area contributed by atoms with E-state index in [9.17, 15) is 0 Å². The topological polar surface area (TPSA) is 38.5 Å². The molecule has 2 aromatic rings. The standard InChI is InChI=1S/C18H22N2O2/c1-2-14(1)11-22-13-17-8-19-7-16-10-20(5-3-18(16)17)9-15-4-6-21-12-15/h4,6-8,12,14H,1-3,5,9-11,13H2. The van der Waals surface area contributed by atoms with Crippen molar-refractivity contribution in [2.75, 3.05) is 13.2 Å². The van der Waals surface area contributed by atoms with Crippen molar-refractivity contribution < 1.29 is 9.15 Å². The summed E-state index contributed by atoms with van der Waals surface area (Å²) in [5, 5.41) is 0. The lowest BCUT2D eigenvalue weighted by atomic mass is 9.97. The number of furan rings is 1. The summed E-state index contributed by atoms with van der Waals surface area (Å²) in [6.07, 6.45) is 11.3. The lowest BCUT2D eigenvalue weighted by Crippen LogP contribution is -2.30. The van der Waals surface area contributed by atoms with Crippen LogP contribution >= 0.6 is 0 Å². The van der Waals surface area contributed by atoms with Gasteiger partial charge in [-0.05, 0) is 47.9 Å². The van der Waals surface area contributed by atoms with E-state index in [1.807, 2.05) is 24.7 Å². The number of hydrogen-bond acceptors (Lipinski definition) is 4. The third kappa shape index (κ3) is 3.23. The van der Waals surface area contributed by atoms with Crippen LogP contribution < -0.4 is 0 Å². The molecular weight excluding hydrogens is 276 g/mol. The van der Waals surface area contributed by atoms with Gasteiger partial charge in [0, 0.05) is 44.2 Å². The highest BCUT2D eigenvalue weighted by molar-refractivity contribution is 5.33. The molecule has 0 aromatic carbocycles. The van der Waals surface area contributed by atoms with E-state index in [1.165, 1.54) is 35.1 Å². The van der Waals surface area contributed by atoms with Gasteiger partial charge in [0.25, 0.3) is 0 Å². The van der Waals surface area contributed by atoms with Crippen molar-refractivity contribution in [3.63, 3.8) is 0 Å². The predicted molar refractivity (Wildman–Crippen MR) is 83.1 cm³/mol. The summed E-state index contributed by atoms with van der Waals surface area (Å²) in [5.74, 6) is 0.818. The van der Waals surface area contributed by atoms with E-state index in [2.05, 4.69) is 9.88 Å². The van der Waals surface area contributed by atoms with Crippen LogP contribution in [0.3, 0.4) is 0 Å². The van der Waals surface area contributed by atoms with Crippen LogP contribution in [-0.2, 0) is 30.9 Å². The Bertz CT molecular complexity index is 620. The third-order valence-corrected chi connectivity index (χ3v) is 4.60. The Morgan fingerprint density at radius 1 is 1.32 bits per heavy atom. The van der Waals surface area contributed by atoms with E-state index in [4.69, 9.17) is 9.15 Å². The number of pyridine rings is 1. The van der Waals surface area contributed by atoms with Gasteiger partial charge in [0.2, 0.25) is 0 Å². The molecule has 1 fully saturated rings. The highest BCUT2D eigenvalue weighted by Gasteiger charge is 2.22. The first kappa shape index (κ1) is 14.0. The van der Waals surface area contributed by atoms with Crippen molar-refractivity contribution >= 4 is 0 Å². The third-order valence-electron chi connectivity index (χ3n) is 4.60. The summed E-state index contributed by atoms with van der Waals surface area (Å²) in [4.78, 5) is 6.87. The summed E-state index contributed by atoms with van der Waals surface area (Å²) < 4.78 is 11.0. The van der Waals surface area contributed by atoms with Crippen molar-refractivity contribution in [2.45, 2.75) is 39.0 Å². The van der Waals surface area contributed by atoms with Gasteiger partial charge in [-0.25, -0.2) is 0 Å². The van der Waals surface area contributed by atoms with Crippen LogP contribution in [0.5, 0.6) is 0 Å². The first-order valence-electron chi connectivity index (χ1n) is 8.14. The van der Waals surface area contributed by atoms with E-state index < -0.39 is 0 Å². The zero-order chi connectivity index (χ0) is 14.8. The Kier molecular flexibility index (Phi) is 3.95. The van der Waals surface area contributed by atoms with Crippen LogP contribution in [0.15, 0.2) is 35.4 Å². The van der Waals surface area contributed by atoms with Gasteiger partial charge in [0.15, 0.2) is 0 Å². The molecule has 0 atom stereocenters. The van der Waals surface area contributed by atoms with Gasteiger partial charge in [-0.15, -0.1) is 0 Å². The molecule has 2 aromatic heterocycles. The molecular formula is C18H22N2O2. The molecule has 1 aliphatic heterocycles. The molecule has 4 nitrogen and oxygen atoms in total. The maximum atomic E-state index is 5.86. The highest BCUT2D eigenvalue weighted by atomic mass is 16.5. The highest BCUT2D eigenvalue weighted by Crippen LogP contribution is 2.29. The number of aromatic nitrogens is 1. The van der Waals surface area contributed by atoms with Gasteiger partial charge >= 0.3 is 0 Å². The molecule has 1 saturated carbocycles. The first-order chi connectivity index (χ1) is 10.9. The zero-order valence-corrected chi connectivity index (χ0v) is 12.8. The molecule has 22 heavy (non-hydrogen) atoms. The fourth-order valence-corrected chi connectivity index (χ4v) is 3.15. The van der Waals surface area contributed by atoms with Gasteiger partial charge in [0.1, 0.15) is 0 Å². The minimum absolute atomic E-state index is 0.717. The minimum Gasteiger partial charge on any atom is -0.472 e. The molecule has 3 heterocycles. The molecule has 0 radical (unpaired) electrons. The van der Waals surface area contributed by atoms with E-state index in [0.717, 1.165) is 38.6 Å². The van der Waals surface area contributed by atoms with Crippen LogP contribution in [0.4, 0.5) is 0 Å². The van der Waals surface area contributed by atoms with Gasteiger partial charge in [0.05, 0.1) is 19.1 Å². The smallest absolute Gasteiger partial charge is 0.0947 e. The lowest BCUT2D eigenvalue weighted by Gasteiger charge is -2.29. The van der Waals surface area contributed by atoms with Crippen molar-refractivity contribution in [3.8, 4) is 0 Å².